The third-order valence-corrected chi connectivity index (χ3v) is 5.47. The number of sulfone groups is 1. The first-order chi connectivity index (χ1) is 7.12. The second kappa shape index (κ2) is 3.45. The minimum absolute atomic E-state index is 0.247. The summed E-state index contributed by atoms with van der Waals surface area (Å²) in [5.74, 6) is 0. The molecule has 0 aliphatic heterocycles. The highest BCUT2D eigenvalue weighted by atomic mass is 32.2. The summed E-state index contributed by atoms with van der Waals surface area (Å²) in [6.45, 7) is 0. The van der Waals surface area contributed by atoms with Gasteiger partial charge in [0.2, 0.25) is 0 Å². The molecule has 1 fully saturated rings. The van der Waals surface area contributed by atoms with E-state index in [9.17, 15) is 13.2 Å². The lowest BCUT2D eigenvalue weighted by atomic mass is 9.86. The van der Waals surface area contributed by atoms with E-state index in [1.54, 1.807) is 30.3 Å². The smallest absolute Gasteiger partial charge is 0.190 e. The van der Waals surface area contributed by atoms with E-state index >= 15 is 0 Å². The summed E-state index contributed by atoms with van der Waals surface area (Å²) < 4.78 is 23.1. The third kappa shape index (κ3) is 1.40. The number of hydrogen-bond acceptors (Lipinski definition) is 3. The number of carbonyl (C=O) groups is 1. The molecule has 4 heteroatoms. The summed E-state index contributed by atoms with van der Waals surface area (Å²) in [6.07, 6.45) is 2.31. The molecular formula is C11H12O3S. The quantitative estimate of drug-likeness (QED) is 0.732. The van der Waals surface area contributed by atoms with Gasteiger partial charge in [0.15, 0.2) is 9.84 Å². The summed E-state index contributed by atoms with van der Waals surface area (Å²) in [6, 6.07) is 8.18. The molecule has 0 amide bonds. The first-order valence-corrected chi connectivity index (χ1v) is 6.37. The maximum absolute atomic E-state index is 12.1. The van der Waals surface area contributed by atoms with Gasteiger partial charge in [-0.1, -0.05) is 18.2 Å². The van der Waals surface area contributed by atoms with Crippen LogP contribution in [0.2, 0.25) is 0 Å². The second-order valence-electron chi connectivity index (χ2n) is 3.85. The van der Waals surface area contributed by atoms with Gasteiger partial charge in [0.25, 0.3) is 0 Å². The number of carbonyl (C=O) groups excluding carboxylic acids is 1. The minimum Gasteiger partial charge on any atom is -0.302 e. The van der Waals surface area contributed by atoms with E-state index in [4.69, 9.17) is 0 Å². The molecule has 0 N–H and O–H groups in total. The van der Waals surface area contributed by atoms with E-state index in [0.717, 1.165) is 6.42 Å². The highest BCUT2D eigenvalue weighted by Gasteiger charge is 2.49. The maximum Gasteiger partial charge on any atom is 0.190 e. The molecule has 80 valence electrons. The Morgan fingerprint density at radius 2 is 1.73 bits per heavy atom. The Balaban J connectivity index is 2.48. The average molecular weight is 224 g/mol. The highest BCUT2D eigenvalue weighted by molar-refractivity contribution is 7.93. The number of aldehydes is 1. The summed E-state index contributed by atoms with van der Waals surface area (Å²) in [5.41, 5.74) is 0. The van der Waals surface area contributed by atoms with Gasteiger partial charge < -0.3 is 4.79 Å². The van der Waals surface area contributed by atoms with Crippen LogP contribution in [0.1, 0.15) is 19.3 Å². The summed E-state index contributed by atoms with van der Waals surface area (Å²) in [5, 5.41) is 0. The molecule has 15 heavy (non-hydrogen) atoms. The molecule has 1 aromatic rings. The molecule has 1 saturated carbocycles. The van der Waals surface area contributed by atoms with Crippen molar-refractivity contribution in [3.63, 3.8) is 0 Å². The Labute approximate surface area is 89.0 Å². The van der Waals surface area contributed by atoms with Gasteiger partial charge in [-0.05, 0) is 31.4 Å². The molecule has 1 aliphatic carbocycles. The van der Waals surface area contributed by atoms with Crippen LogP contribution in [0.5, 0.6) is 0 Å². The highest BCUT2D eigenvalue weighted by Crippen LogP contribution is 2.40. The lowest BCUT2D eigenvalue weighted by molar-refractivity contribution is -0.111. The van der Waals surface area contributed by atoms with Crippen LogP contribution in [-0.2, 0) is 14.6 Å². The minimum atomic E-state index is -3.48. The average Bonchev–Trinajstić information content (AvgIpc) is 2.18. The van der Waals surface area contributed by atoms with Crippen molar-refractivity contribution < 1.29 is 13.2 Å². The number of benzene rings is 1. The molecule has 0 unspecified atom stereocenters. The van der Waals surface area contributed by atoms with Gasteiger partial charge in [-0.3, -0.25) is 0 Å². The zero-order valence-electron chi connectivity index (χ0n) is 8.22. The van der Waals surface area contributed by atoms with Crippen molar-refractivity contribution in [1.82, 2.24) is 0 Å². The van der Waals surface area contributed by atoms with Gasteiger partial charge in [-0.25, -0.2) is 8.42 Å². The number of hydrogen-bond donors (Lipinski definition) is 0. The fourth-order valence-electron chi connectivity index (χ4n) is 1.81. The van der Waals surface area contributed by atoms with E-state index in [0.29, 0.717) is 19.1 Å². The summed E-state index contributed by atoms with van der Waals surface area (Å²) >= 11 is 0. The van der Waals surface area contributed by atoms with Crippen LogP contribution < -0.4 is 0 Å². The van der Waals surface area contributed by atoms with E-state index in [1.165, 1.54) is 0 Å². The van der Waals surface area contributed by atoms with Crippen molar-refractivity contribution in [2.24, 2.45) is 0 Å². The number of rotatable bonds is 3. The predicted molar refractivity (Wildman–Crippen MR) is 56.3 cm³/mol. The first-order valence-electron chi connectivity index (χ1n) is 4.88. The van der Waals surface area contributed by atoms with Crippen LogP contribution >= 0.6 is 0 Å². The molecular weight excluding hydrogens is 212 g/mol. The van der Waals surface area contributed by atoms with Gasteiger partial charge in [-0.15, -0.1) is 0 Å². The molecule has 0 bridgehead atoms. The van der Waals surface area contributed by atoms with Gasteiger partial charge in [0, 0.05) is 0 Å². The van der Waals surface area contributed by atoms with Crippen molar-refractivity contribution in [1.29, 1.82) is 0 Å². The molecule has 0 atom stereocenters. The second-order valence-corrected chi connectivity index (χ2v) is 6.14. The molecule has 0 aromatic heterocycles. The lowest BCUT2D eigenvalue weighted by Gasteiger charge is -2.35. The van der Waals surface area contributed by atoms with Crippen molar-refractivity contribution in [2.45, 2.75) is 28.9 Å². The molecule has 0 saturated heterocycles. The predicted octanol–water partition coefficient (Wildman–Crippen LogP) is 1.58. The lowest BCUT2D eigenvalue weighted by Crippen LogP contribution is -2.46. The van der Waals surface area contributed by atoms with Crippen molar-refractivity contribution in [2.75, 3.05) is 0 Å². The van der Waals surface area contributed by atoms with Crippen LogP contribution in [0.15, 0.2) is 35.2 Å². The van der Waals surface area contributed by atoms with Gasteiger partial charge >= 0.3 is 0 Å². The molecule has 2 rings (SSSR count). The largest absolute Gasteiger partial charge is 0.302 e. The summed E-state index contributed by atoms with van der Waals surface area (Å²) in [4.78, 5) is 11.2. The van der Waals surface area contributed by atoms with Gasteiger partial charge in [0.05, 0.1) is 4.90 Å². The fraction of sp³-hybridized carbons (Fsp3) is 0.364. The first kappa shape index (κ1) is 10.4. The van der Waals surface area contributed by atoms with Gasteiger partial charge in [-0.2, -0.15) is 0 Å². The Bertz CT molecular complexity index is 458. The van der Waals surface area contributed by atoms with Gasteiger partial charge in [0.1, 0.15) is 11.0 Å². The maximum atomic E-state index is 12.1. The van der Waals surface area contributed by atoms with Crippen LogP contribution in [0.25, 0.3) is 0 Å². The normalized spacial score (nSPS) is 19.2. The Hall–Kier alpha value is -1.16. The Morgan fingerprint density at radius 3 is 2.13 bits per heavy atom. The molecule has 1 aromatic carbocycles. The van der Waals surface area contributed by atoms with Crippen LogP contribution in [0.3, 0.4) is 0 Å². The van der Waals surface area contributed by atoms with Crippen LogP contribution in [-0.4, -0.2) is 19.5 Å². The summed E-state index contributed by atoms with van der Waals surface area (Å²) in [7, 11) is -3.48. The molecule has 0 spiro atoms. The Morgan fingerprint density at radius 1 is 1.13 bits per heavy atom. The zero-order valence-corrected chi connectivity index (χ0v) is 9.03. The molecule has 3 nitrogen and oxygen atoms in total. The van der Waals surface area contributed by atoms with E-state index < -0.39 is 14.6 Å². The monoisotopic (exact) mass is 224 g/mol. The molecule has 0 radical (unpaired) electrons. The standard InChI is InChI=1S/C11H12O3S/c12-9-11(7-4-8-11)15(13,14)10-5-2-1-3-6-10/h1-3,5-6,9H,4,7-8H2. The van der Waals surface area contributed by atoms with Crippen LogP contribution in [0.4, 0.5) is 0 Å². The van der Waals surface area contributed by atoms with Crippen LogP contribution in [0, 0.1) is 0 Å². The van der Waals surface area contributed by atoms with E-state index in [-0.39, 0.29) is 4.90 Å². The SMILES string of the molecule is O=CC1(S(=O)(=O)c2ccccc2)CCC1. The molecule has 0 heterocycles. The van der Waals surface area contributed by atoms with E-state index in [2.05, 4.69) is 0 Å². The third-order valence-electron chi connectivity index (χ3n) is 3.00. The topological polar surface area (TPSA) is 51.2 Å². The van der Waals surface area contributed by atoms with Crippen molar-refractivity contribution >= 4 is 16.1 Å². The zero-order chi connectivity index (χ0) is 10.9. The van der Waals surface area contributed by atoms with Crippen molar-refractivity contribution in [3.05, 3.63) is 30.3 Å². The van der Waals surface area contributed by atoms with Crippen molar-refractivity contribution in [3.8, 4) is 0 Å². The Kier molecular flexibility index (Phi) is 2.38. The van der Waals surface area contributed by atoms with E-state index in [1.807, 2.05) is 0 Å². The molecule has 1 aliphatic rings. The fourth-order valence-corrected chi connectivity index (χ4v) is 3.75.